The van der Waals surface area contributed by atoms with Crippen LogP contribution in [0.15, 0.2) is 36.5 Å². The maximum atomic E-state index is 10.9. The van der Waals surface area contributed by atoms with E-state index in [0.717, 1.165) is 5.69 Å². The third kappa shape index (κ3) is 4.14. The van der Waals surface area contributed by atoms with Gasteiger partial charge in [0.2, 0.25) is 0 Å². The van der Waals surface area contributed by atoms with Gasteiger partial charge < -0.3 is 10.1 Å². The number of nitrogens with one attached hydrogen (secondary N) is 1. The van der Waals surface area contributed by atoms with Crippen molar-refractivity contribution in [1.29, 1.82) is 0 Å². The largest absolute Gasteiger partial charge is 0.487 e. The fourth-order valence-electron chi connectivity index (χ4n) is 1.79. The van der Waals surface area contributed by atoms with E-state index in [1.165, 1.54) is 18.2 Å². The highest BCUT2D eigenvalue weighted by Crippen LogP contribution is 2.24. The third-order valence-electron chi connectivity index (χ3n) is 2.79. The minimum absolute atomic E-state index is 0.0147. The minimum Gasteiger partial charge on any atom is -0.487 e. The highest BCUT2D eigenvalue weighted by atomic mass is 35.5. The van der Waals surface area contributed by atoms with E-state index in [1.54, 1.807) is 12.3 Å². The molecule has 21 heavy (non-hydrogen) atoms. The van der Waals surface area contributed by atoms with Crippen molar-refractivity contribution in [1.82, 2.24) is 10.3 Å². The van der Waals surface area contributed by atoms with E-state index in [9.17, 15) is 10.1 Å². The molecule has 0 bridgehead atoms. The molecule has 0 amide bonds. The fourth-order valence-corrected chi connectivity index (χ4v) is 1.99. The lowest BCUT2D eigenvalue weighted by Gasteiger charge is -2.07. The molecule has 7 heteroatoms. The van der Waals surface area contributed by atoms with E-state index >= 15 is 0 Å². The van der Waals surface area contributed by atoms with Gasteiger partial charge in [0.05, 0.1) is 22.4 Å². The van der Waals surface area contributed by atoms with Gasteiger partial charge in [-0.15, -0.1) is 0 Å². The molecule has 1 N–H and O–H groups in total. The van der Waals surface area contributed by atoms with Crippen LogP contribution < -0.4 is 10.1 Å². The predicted octanol–water partition coefficient (Wildman–Crippen LogP) is 2.94. The van der Waals surface area contributed by atoms with Gasteiger partial charge in [0.1, 0.15) is 12.4 Å². The smallest absolute Gasteiger partial charge is 0.276 e. The number of hydrogen-bond donors (Lipinski definition) is 1. The second-order valence-corrected chi connectivity index (χ2v) is 4.77. The summed E-state index contributed by atoms with van der Waals surface area (Å²) in [6.45, 7) is 0.726. The summed E-state index contributed by atoms with van der Waals surface area (Å²) >= 11 is 5.86. The van der Waals surface area contributed by atoms with Crippen LogP contribution in [0.3, 0.4) is 0 Å². The number of nitro benzene ring substituents is 1. The Bertz CT molecular complexity index is 632. The Hall–Kier alpha value is -2.18. The zero-order chi connectivity index (χ0) is 15.2. The Morgan fingerprint density at radius 1 is 1.38 bits per heavy atom. The van der Waals surface area contributed by atoms with Crippen molar-refractivity contribution in [3.05, 3.63) is 62.9 Å². The van der Waals surface area contributed by atoms with Gasteiger partial charge >= 0.3 is 0 Å². The Morgan fingerprint density at radius 2 is 2.19 bits per heavy atom. The number of aromatic nitrogens is 1. The number of ether oxygens (including phenoxy) is 1. The van der Waals surface area contributed by atoms with Crippen LogP contribution in [-0.4, -0.2) is 17.0 Å². The normalized spacial score (nSPS) is 10.4. The van der Waals surface area contributed by atoms with Gasteiger partial charge in [-0.25, -0.2) is 0 Å². The lowest BCUT2D eigenvalue weighted by atomic mass is 10.2. The molecule has 1 aromatic carbocycles. The summed E-state index contributed by atoms with van der Waals surface area (Å²) in [5, 5.41) is 14.4. The van der Waals surface area contributed by atoms with Crippen molar-refractivity contribution in [2.75, 3.05) is 7.05 Å². The first-order chi connectivity index (χ1) is 10.1. The highest BCUT2D eigenvalue weighted by Gasteiger charge is 2.14. The molecular formula is C14H14ClN3O3. The molecule has 2 rings (SSSR count). The van der Waals surface area contributed by atoms with Gasteiger partial charge in [-0.1, -0.05) is 11.6 Å². The SMILES string of the molecule is CNCc1ccc(OCc2cc(Cl)ccc2[N+](=O)[O-])cn1. The molecule has 2 aromatic rings. The number of benzene rings is 1. The second-order valence-electron chi connectivity index (χ2n) is 4.33. The van der Waals surface area contributed by atoms with Gasteiger partial charge in [0.25, 0.3) is 5.69 Å². The van der Waals surface area contributed by atoms with Crippen molar-refractivity contribution in [2.24, 2.45) is 0 Å². The van der Waals surface area contributed by atoms with Crippen LogP contribution >= 0.6 is 11.6 Å². The molecule has 6 nitrogen and oxygen atoms in total. The van der Waals surface area contributed by atoms with Crippen LogP contribution in [0.4, 0.5) is 5.69 Å². The average molecular weight is 308 g/mol. The van der Waals surface area contributed by atoms with Crippen LogP contribution in [0.5, 0.6) is 5.75 Å². The van der Waals surface area contributed by atoms with Gasteiger partial charge in [-0.05, 0) is 31.3 Å². The summed E-state index contributed by atoms with van der Waals surface area (Å²) < 4.78 is 5.53. The quantitative estimate of drug-likeness (QED) is 0.656. The van der Waals surface area contributed by atoms with E-state index in [-0.39, 0.29) is 12.3 Å². The highest BCUT2D eigenvalue weighted by molar-refractivity contribution is 6.30. The topological polar surface area (TPSA) is 77.3 Å². The van der Waals surface area contributed by atoms with Crippen molar-refractivity contribution >= 4 is 17.3 Å². The summed E-state index contributed by atoms with van der Waals surface area (Å²) in [4.78, 5) is 14.7. The second kappa shape index (κ2) is 7.01. The summed E-state index contributed by atoms with van der Waals surface area (Å²) in [5.41, 5.74) is 1.30. The summed E-state index contributed by atoms with van der Waals surface area (Å²) in [6.07, 6.45) is 1.59. The van der Waals surface area contributed by atoms with E-state index in [2.05, 4.69) is 10.3 Å². The maximum absolute atomic E-state index is 10.9. The molecule has 0 aliphatic carbocycles. The van der Waals surface area contributed by atoms with Crippen LogP contribution in [0.2, 0.25) is 5.02 Å². The molecule has 0 fully saturated rings. The Labute approximate surface area is 126 Å². The number of hydrogen-bond acceptors (Lipinski definition) is 5. The summed E-state index contributed by atoms with van der Waals surface area (Å²) in [7, 11) is 1.84. The van der Waals surface area contributed by atoms with E-state index in [0.29, 0.717) is 22.9 Å². The van der Waals surface area contributed by atoms with Gasteiger partial charge in [0, 0.05) is 17.6 Å². The van der Waals surface area contributed by atoms with Crippen LogP contribution in [-0.2, 0) is 13.2 Å². The van der Waals surface area contributed by atoms with Crippen molar-refractivity contribution in [3.8, 4) is 5.75 Å². The van der Waals surface area contributed by atoms with Crippen LogP contribution in [0, 0.1) is 10.1 Å². The Balaban J connectivity index is 2.08. The number of halogens is 1. The molecule has 0 saturated heterocycles. The van der Waals surface area contributed by atoms with Gasteiger partial charge in [0.15, 0.2) is 0 Å². The molecule has 0 aliphatic heterocycles. The fraction of sp³-hybridized carbons (Fsp3) is 0.214. The first kappa shape index (κ1) is 15.2. The lowest BCUT2D eigenvalue weighted by Crippen LogP contribution is -2.06. The molecule has 1 heterocycles. The van der Waals surface area contributed by atoms with Gasteiger partial charge in [-0.3, -0.25) is 15.1 Å². The average Bonchev–Trinajstić information content (AvgIpc) is 2.46. The Kier molecular flexibility index (Phi) is 5.08. The molecule has 0 unspecified atom stereocenters. The third-order valence-corrected chi connectivity index (χ3v) is 3.02. The van der Waals surface area contributed by atoms with Crippen LogP contribution in [0.25, 0.3) is 0 Å². The lowest BCUT2D eigenvalue weighted by molar-refractivity contribution is -0.385. The molecular weight excluding hydrogens is 294 g/mol. The van der Waals surface area contributed by atoms with E-state index < -0.39 is 4.92 Å². The number of nitro groups is 1. The molecule has 0 saturated carbocycles. The minimum atomic E-state index is -0.455. The predicted molar refractivity (Wildman–Crippen MR) is 79.4 cm³/mol. The van der Waals surface area contributed by atoms with Crippen molar-refractivity contribution < 1.29 is 9.66 Å². The maximum Gasteiger partial charge on any atom is 0.276 e. The number of nitrogens with zero attached hydrogens (tertiary/aromatic N) is 2. The molecule has 0 radical (unpaired) electrons. The summed E-state index contributed by atoms with van der Waals surface area (Å²) in [6, 6.07) is 7.99. The molecule has 1 aromatic heterocycles. The molecule has 0 spiro atoms. The number of rotatable bonds is 6. The van der Waals surface area contributed by atoms with Crippen molar-refractivity contribution in [3.63, 3.8) is 0 Å². The first-order valence-corrected chi connectivity index (χ1v) is 6.63. The van der Waals surface area contributed by atoms with E-state index in [1.807, 2.05) is 13.1 Å². The van der Waals surface area contributed by atoms with Gasteiger partial charge in [-0.2, -0.15) is 0 Å². The standard InChI is InChI=1S/C14H14ClN3O3/c1-16-7-12-3-4-13(8-17-12)21-9-10-6-11(15)2-5-14(10)18(19)20/h2-6,8,16H,7,9H2,1H3. The molecule has 110 valence electrons. The van der Waals surface area contributed by atoms with Crippen molar-refractivity contribution in [2.45, 2.75) is 13.2 Å². The van der Waals surface area contributed by atoms with Crippen LogP contribution in [0.1, 0.15) is 11.3 Å². The molecule has 0 atom stereocenters. The number of pyridine rings is 1. The first-order valence-electron chi connectivity index (χ1n) is 6.25. The molecule has 0 aliphatic rings. The summed E-state index contributed by atoms with van der Waals surface area (Å²) in [5.74, 6) is 0.545. The van der Waals surface area contributed by atoms with E-state index in [4.69, 9.17) is 16.3 Å². The zero-order valence-corrected chi connectivity index (χ0v) is 12.1. The Morgan fingerprint density at radius 3 is 2.81 bits per heavy atom. The zero-order valence-electron chi connectivity index (χ0n) is 11.4. The monoisotopic (exact) mass is 307 g/mol.